The van der Waals surface area contributed by atoms with Gasteiger partial charge in [0.05, 0.1) is 12.6 Å². The second kappa shape index (κ2) is 5.81. The number of pyridine rings is 2. The van der Waals surface area contributed by atoms with E-state index in [1.807, 2.05) is 43.3 Å². The number of carbonyl (C=O) groups excluding carboxylic acids is 1. The van der Waals surface area contributed by atoms with Gasteiger partial charge in [0.1, 0.15) is 17.3 Å². The molecule has 2 aromatic heterocycles. The lowest BCUT2D eigenvalue weighted by Gasteiger charge is -2.06. The molecule has 0 atom stereocenters. The van der Waals surface area contributed by atoms with Crippen LogP contribution in [0.5, 0.6) is 5.75 Å². The van der Waals surface area contributed by atoms with Crippen LogP contribution in [0.4, 0.5) is 5.82 Å². The molecule has 5 nitrogen and oxygen atoms in total. The minimum Gasteiger partial charge on any atom is -0.497 e. The molecule has 0 unspecified atom stereocenters. The Morgan fingerprint density at radius 3 is 2.77 bits per heavy atom. The molecule has 22 heavy (non-hydrogen) atoms. The van der Waals surface area contributed by atoms with Crippen LogP contribution in [0.25, 0.3) is 10.9 Å². The van der Waals surface area contributed by atoms with Gasteiger partial charge in [-0.2, -0.15) is 0 Å². The topological polar surface area (TPSA) is 64.1 Å². The Kier molecular flexibility index (Phi) is 3.70. The van der Waals surface area contributed by atoms with Crippen molar-refractivity contribution in [1.29, 1.82) is 0 Å². The number of fused-ring (bicyclic) bond motifs is 1. The molecular formula is C17H15N3O2. The molecule has 0 aliphatic rings. The maximum Gasteiger partial charge on any atom is 0.275 e. The summed E-state index contributed by atoms with van der Waals surface area (Å²) in [5, 5.41) is 3.67. The van der Waals surface area contributed by atoms with E-state index < -0.39 is 0 Å². The number of aromatic nitrogens is 2. The fourth-order valence-electron chi connectivity index (χ4n) is 2.14. The fourth-order valence-corrected chi connectivity index (χ4v) is 2.14. The molecule has 0 saturated carbocycles. The SMILES string of the molecule is COc1ccc2nc(C(=O)Nc3cc(C)ccn3)ccc2c1. The van der Waals surface area contributed by atoms with Crippen LogP contribution < -0.4 is 10.1 Å². The molecule has 110 valence electrons. The average molecular weight is 293 g/mol. The van der Waals surface area contributed by atoms with E-state index in [0.29, 0.717) is 11.5 Å². The lowest BCUT2D eigenvalue weighted by molar-refractivity contribution is 0.102. The van der Waals surface area contributed by atoms with Crippen LogP contribution in [0.1, 0.15) is 16.1 Å². The zero-order valence-electron chi connectivity index (χ0n) is 12.3. The van der Waals surface area contributed by atoms with Gasteiger partial charge in [0, 0.05) is 11.6 Å². The summed E-state index contributed by atoms with van der Waals surface area (Å²) in [6.45, 7) is 1.94. The normalized spacial score (nSPS) is 10.5. The highest BCUT2D eigenvalue weighted by Crippen LogP contribution is 2.19. The quantitative estimate of drug-likeness (QED) is 0.805. The monoisotopic (exact) mass is 293 g/mol. The smallest absolute Gasteiger partial charge is 0.275 e. The van der Waals surface area contributed by atoms with Gasteiger partial charge in [-0.05, 0) is 48.9 Å². The number of carbonyl (C=O) groups is 1. The van der Waals surface area contributed by atoms with Crippen LogP contribution >= 0.6 is 0 Å². The first-order chi connectivity index (χ1) is 10.7. The first-order valence-corrected chi connectivity index (χ1v) is 6.84. The molecule has 2 heterocycles. The van der Waals surface area contributed by atoms with E-state index in [9.17, 15) is 4.79 Å². The maximum atomic E-state index is 12.3. The van der Waals surface area contributed by atoms with Crippen molar-refractivity contribution in [3.63, 3.8) is 0 Å². The van der Waals surface area contributed by atoms with Gasteiger partial charge >= 0.3 is 0 Å². The number of ether oxygens (including phenoxy) is 1. The average Bonchev–Trinajstić information content (AvgIpc) is 2.53. The Balaban J connectivity index is 1.87. The number of hydrogen-bond acceptors (Lipinski definition) is 4. The van der Waals surface area contributed by atoms with Crippen LogP contribution in [-0.2, 0) is 0 Å². The van der Waals surface area contributed by atoms with Gasteiger partial charge in [0.2, 0.25) is 0 Å². The number of amides is 1. The zero-order chi connectivity index (χ0) is 15.5. The van der Waals surface area contributed by atoms with E-state index in [1.165, 1.54) is 0 Å². The summed E-state index contributed by atoms with van der Waals surface area (Å²) >= 11 is 0. The molecule has 1 aromatic carbocycles. The highest BCUT2D eigenvalue weighted by molar-refractivity contribution is 6.03. The van der Waals surface area contributed by atoms with Gasteiger partial charge in [-0.3, -0.25) is 4.79 Å². The van der Waals surface area contributed by atoms with Crippen LogP contribution in [0.15, 0.2) is 48.7 Å². The number of rotatable bonds is 3. The molecule has 0 saturated heterocycles. The molecule has 3 aromatic rings. The summed E-state index contributed by atoms with van der Waals surface area (Å²) in [5.41, 5.74) is 2.12. The zero-order valence-corrected chi connectivity index (χ0v) is 12.3. The largest absolute Gasteiger partial charge is 0.497 e. The first kappa shape index (κ1) is 14.0. The lowest BCUT2D eigenvalue weighted by Crippen LogP contribution is -2.14. The molecule has 0 bridgehead atoms. The Hall–Kier alpha value is -2.95. The molecule has 3 rings (SSSR count). The molecule has 1 N–H and O–H groups in total. The highest BCUT2D eigenvalue weighted by atomic mass is 16.5. The minimum atomic E-state index is -0.282. The Morgan fingerprint density at radius 2 is 2.00 bits per heavy atom. The van der Waals surface area contributed by atoms with Gasteiger partial charge in [-0.1, -0.05) is 6.07 Å². The van der Waals surface area contributed by atoms with Crippen molar-refractivity contribution in [3.8, 4) is 5.75 Å². The van der Waals surface area contributed by atoms with Crippen molar-refractivity contribution in [3.05, 3.63) is 59.9 Å². The Bertz CT molecular complexity index is 846. The Morgan fingerprint density at radius 1 is 1.14 bits per heavy atom. The minimum absolute atomic E-state index is 0.282. The van der Waals surface area contributed by atoms with E-state index in [0.717, 1.165) is 22.2 Å². The van der Waals surface area contributed by atoms with E-state index in [1.54, 1.807) is 19.4 Å². The van der Waals surface area contributed by atoms with Gasteiger partial charge in [0.25, 0.3) is 5.91 Å². The summed E-state index contributed by atoms with van der Waals surface area (Å²) < 4.78 is 5.17. The van der Waals surface area contributed by atoms with Crippen LogP contribution in [-0.4, -0.2) is 23.0 Å². The maximum absolute atomic E-state index is 12.3. The standard InChI is InChI=1S/C17H15N3O2/c1-11-7-8-18-16(9-11)20-17(21)15-5-3-12-10-13(22-2)4-6-14(12)19-15/h3-10H,1-2H3,(H,18,20,21). The van der Waals surface area contributed by atoms with Gasteiger partial charge in [-0.25, -0.2) is 9.97 Å². The number of aryl methyl sites for hydroxylation is 1. The van der Waals surface area contributed by atoms with Gasteiger partial charge in [-0.15, -0.1) is 0 Å². The summed E-state index contributed by atoms with van der Waals surface area (Å²) in [6, 6.07) is 12.7. The molecule has 0 fully saturated rings. The van der Waals surface area contributed by atoms with E-state index in [-0.39, 0.29) is 5.91 Å². The summed E-state index contributed by atoms with van der Waals surface area (Å²) in [6.07, 6.45) is 1.66. The fraction of sp³-hybridized carbons (Fsp3) is 0.118. The third kappa shape index (κ3) is 2.88. The molecule has 0 radical (unpaired) electrons. The van der Waals surface area contributed by atoms with E-state index >= 15 is 0 Å². The summed E-state index contributed by atoms with van der Waals surface area (Å²) in [4.78, 5) is 20.7. The summed E-state index contributed by atoms with van der Waals surface area (Å²) in [7, 11) is 1.62. The highest BCUT2D eigenvalue weighted by Gasteiger charge is 2.09. The number of methoxy groups -OCH3 is 1. The predicted octanol–water partition coefficient (Wildman–Crippen LogP) is 3.20. The number of hydrogen-bond donors (Lipinski definition) is 1. The Labute approximate surface area is 128 Å². The number of benzene rings is 1. The van der Waals surface area contributed by atoms with Crippen molar-refractivity contribution in [2.24, 2.45) is 0 Å². The van der Waals surface area contributed by atoms with E-state index in [4.69, 9.17) is 4.74 Å². The molecule has 0 aliphatic heterocycles. The van der Waals surface area contributed by atoms with Gasteiger partial charge in [0.15, 0.2) is 0 Å². The van der Waals surface area contributed by atoms with Crippen LogP contribution in [0, 0.1) is 6.92 Å². The molecule has 0 spiro atoms. The van der Waals surface area contributed by atoms with Crippen LogP contribution in [0.3, 0.4) is 0 Å². The number of anilines is 1. The molecular weight excluding hydrogens is 278 g/mol. The third-order valence-corrected chi connectivity index (χ3v) is 3.29. The lowest BCUT2D eigenvalue weighted by atomic mass is 10.2. The van der Waals surface area contributed by atoms with Crippen molar-refractivity contribution >= 4 is 22.6 Å². The number of nitrogens with zero attached hydrogens (tertiary/aromatic N) is 2. The van der Waals surface area contributed by atoms with Crippen molar-refractivity contribution in [2.75, 3.05) is 12.4 Å². The van der Waals surface area contributed by atoms with Crippen molar-refractivity contribution < 1.29 is 9.53 Å². The second-order valence-corrected chi connectivity index (χ2v) is 4.93. The predicted molar refractivity (Wildman–Crippen MR) is 85.2 cm³/mol. The molecule has 5 heteroatoms. The third-order valence-electron chi connectivity index (χ3n) is 3.29. The molecule has 1 amide bonds. The number of nitrogens with one attached hydrogen (secondary N) is 1. The molecule has 0 aliphatic carbocycles. The van der Waals surface area contributed by atoms with Crippen LogP contribution in [0.2, 0.25) is 0 Å². The summed E-state index contributed by atoms with van der Waals surface area (Å²) in [5.74, 6) is 0.993. The van der Waals surface area contributed by atoms with E-state index in [2.05, 4.69) is 15.3 Å². The van der Waals surface area contributed by atoms with Crippen molar-refractivity contribution in [2.45, 2.75) is 6.92 Å². The van der Waals surface area contributed by atoms with Crippen molar-refractivity contribution in [1.82, 2.24) is 9.97 Å². The first-order valence-electron chi connectivity index (χ1n) is 6.84. The van der Waals surface area contributed by atoms with Gasteiger partial charge < -0.3 is 10.1 Å². The second-order valence-electron chi connectivity index (χ2n) is 4.93.